The summed E-state index contributed by atoms with van der Waals surface area (Å²) in [6, 6.07) is 7.65. The minimum Gasteiger partial charge on any atom is -0.494 e. The van der Waals surface area contributed by atoms with E-state index in [-0.39, 0.29) is 0 Å². The predicted molar refractivity (Wildman–Crippen MR) is 59.4 cm³/mol. The van der Waals surface area contributed by atoms with Gasteiger partial charge in [-0.2, -0.15) is 0 Å². The molecule has 14 heavy (non-hydrogen) atoms. The molecule has 0 saturated heterocycles. The fourth-order valence-electron chi connectivity index (χ4n) is 1.09. The highest BCUT2D eigenvalue weighted by molar-refractivity contribution is 9.12. The van der Waals surface area contributed by atoms with Crippen molar-refractivity contribution in [1.82, 2.24) is 0 Å². The van der Waals surface area contributed by atoms with Crippen molar-refractivity contribution in [1.29, 1.82) is 0 Å². The quantitative estimate of drug-likeness (QED) is 0.773. The molecule has 0 aliphatic carbocycles. The van der Waals surface area contributed by atoms with E-state index in [0.717, 1.165) is 11.3 Å². The molecule has 1 aromatic carbocycles. The van der Waals surface area contributed by atoms with Crippen molar-refractivity contribution < 1.29 is 9.53 Å². The molecule has 0 spiro atoms. The summed E-state index contributed by atoms with van der Waals surface area (Å²) in [7, 11) is 0. The second kappa shape index (κ2) is 5.63. The Balaban J connectivity index is 2.68. The number of rotatable bonds is 4. The lowest BCUT2D eigenvalue weighted by atomic mass is 10.1. The maximum atomic E-state index is 10.2. The van der Waals surface area contributed by atoms with Crippen LogP contribution in [0.2, 0.25) is 0 Å². The van der Waals surface area contributed by atoms with Gasteiger partial charge in [0, 0.05) is 6.42 Å². The Bertz CT molecular complexity index is 337. The van der Waals surface area contributed by atoms with Crippen LogP contribution >= 0.6 is 15.9 Å². The normalized spacial score (nSPS) is 9.29. The van der Waals surface area contributed by atoms with Crippen LogP contribution in [0.4, 0.5) is 0 Å². The van der Waals surface area contributed by atoms with Gasteiger partial charge in [0.25, 0.3) is 0 Å². The third kappa shape index (κ3) is 3.36. The van der Waals surface area contributed by atoms with E-state index < -0.39 is 0 Å². The van der Waals surface area contributed by atoms with Crippen LogP contribution in [-0.2, 0) is 11.2 Å². The number of hydrogen-bond donors (Lipinski definition) is 0. The van der Waals surface area contributed by atoms with Crippen LogP contribution in [-0.4, -0.2) is 12.5 Å². The monoisotopic (exact) mass is 254 g/mol. The summed E-state index contributed by atoms with van der Waals surface area (Å²) in [5.74, 6) is 2.65. The van der Waals surface area contributed by atoms with E-state index in [4.69, 9.17) is 4.74 Å². The van der Waals surface area contributed by atoms with Gasteiger partial charge in [0.2, 0.25) is 0 Å². The van der Waals surface area contributed by atoms with Gasteiger partial charge < -0.3 is 4.74 Å². The summed E-state index contributed by atoms with van der Waals surface area (Å²) in [5, 5.41) is 0. The molecule has 1 rings (SSSR count). The topological polar surface area (TPSA) is 26.3 Å². The summed E-state index contributed by atoms with van der Waals surface area (Å²) < 4.78 is 5.83. The second-order valence-electron chi connectivity index (χ2n) is 2.76. The molecule has 0 saturated carbocycles. The molecular formula is C11H11BrO2. The zero-order valence-corrected chi connectivity index (χ0v) is 9.50. The summed E-state index contributed by atoms with van der Waals surface area (Å²) in [6.45, 7) is 2.61. The van der Waals surface area contributed by atoms with Crippen LogP contribution in [0.15, 0.2) is 28.7 Å². The van der Waals surface area contributed by atoms with E-state index in [0.29, 0.717) is 17.5 Å². The molecule has 0 aliphatic heterocycles. The van der Waals surface area contributed by atoms with Crippen molar-refractivity contribution in [3.8, 4) is 5.75 Å². The summed E-state index contributed by atoms with van der Waals surface area (Å²) in [4.78, 5) is 10.2. The smallest absolute Gasteiger partial charge is 0.135 e. The molecule has 0 N–H and O–H groups in total. The van der Waals surface area contributed by atoms with Crippen LogP contribution in [0.3, 0.4) is 0 Å². The molecule has 74 valence electrons. The van der Waals surface area contributed by atoms with Crippen LogP contribution in [0.1, 0.15) is 12.5 Å². The number of halogens is 1. The lowest BCUT2D eigenvalue weighted by molar-refractivity contribution is 0.340. The largest absolute Gasteiger partial charge is 0.494 e. The number of allylic oxidation sites excluding steroid dienone is 1. The predicted octanol–water partition coefficient (Wildman–Crippen LogP) is 2.74. The average molecular weight is 255 g/mol. The van der Waals surface area contributed by atoms with Crippen molar-refractivity contribution >= 4 is 21.9 Å². The second-order valence-corrected chi connectivity index (χ2v) is 3.72. The van der Waals surface area contributed by atoms with Gasteiger partial charge in [-0.1, -0.05) is 12.1 Å². The lowest BCUT2D eigenvalue weighted by Gasteiger charge is -2.03. The standard InChI is InChI=1S/C11H11BrO2/c1-2-14-11-5-3-9(4-6-11)7-10(12)8-13/h3-6H,2,7H2,1H3. The highest BCUT2D eigenvalue weighted by atomic mass is 79.9. The van der Waals surface area contributed by atoms with E-state index in [9.17, 15) is 4.79 Å². The molecule has 0 unspecified atom stereocenters. The zero-order valence-electron chi connectivity index (χ0n) is 7.92. The Hall–Kier alpha value is -1.05. The Kier molecular flexibility index (Phi) is 4.44. The Morgan fingerprint density at radius 2 is 2.07 bits per heavy atom. The van der Waals surface area contributed by atoms with Gasteiger partial charge in [0.1, 0.15) is 11.7 Å². The average Bonchev–Trinajstić information content (AvgIpc) is 2.21. The molecule has 0 heterocycles. The number of hydrogen-bond acceptors (Lipinski definition) is 2. The number of ether oxygens (including phenoxy) is 1. The Morgan fingerprint density at radius 1 is 1.43 bits per heavy atom. The van der Waals surface area contributed by atoms with Gasteiger partial charge >= 0.3 is 0 Å². The Morgan fingerprint density at radius 3 is 2.57 bits per heavy atom. The van der Waals surface area contributed by atoms with E-state index in [1.807, 2.05) is 31.2 Å². The van der Waals surface area contributed by atoms with Crippen LogP contribution < -0.4 is 4.74 Å². The molecule has 0 fully saturated rings. The molecule has 0 bridgehead atoms. The maximum Gasteiger partial charge on any atom is 0.135 e. The first-order chi connectivity index (χ1) is 6.76. The molecule has 2 nitrogen and oxygen atoms in total. The van der Waals surface area contributed by atoms with Gasteiger partial charge in [-0.05, 0) is 40.5 Å². The van der Waals surface area contributed by atoms with Crippen LogP contribution in [0.5, 0.6) is 5.75 Å². The van der Waals surface area contributed by atoms with Crippen molar-refractivity contribution in [3.63, 3.8) is 0 Å². The minimum absolute atomic E-state index is 0.529. The molecule has 0 radical (unpaired) electrons. The SMILES string of the molecule is CCOc1ccc(CC(Br)=C=O)cc1. The number of carbonyl (C=O) groups excluding carboxylic acids is 1. The lowest BCUT2D eigenvalue weighted by Crippen LogP contribution is -1.91. The van der Waals surface area contributed by atoms with Gasteiger partial charge in [-0.25, -0.2) is 4.79 Å². The van der Waals surface area contributed by atoms with Crippen molar-refractivity contribution in [3.05, 3.63) is 34.3 Å². The van der Waals surface area contributed by atoms with Gasteiger partial charge in [-0.15, -0.1) is 0 Å². The summed E-state index contributed by atoms with van der Waals surface area (Å²) in [6.07, 6.45) is 0.579. The minimum atomic E-state index is 0.529. The van der Waals surface area contributed by atoms with Crippen LogP contribution in [0.25, 0.3) is 0 Å². The van der Waals surface area contributed by atoms with E-state index >= 15 is 0 Å². The Labute approximate surface area is 91.7 Å². The molecular weight excluding hydrogens is 244 g/mol. The van der Waals surface area contributed by atoms with Crippen molar-refractivity contribution in [2.24, 2.45) is 0 Å². The zero-order chi connectivity index (χ0) is 10.4. The first-order valence-corrected chi connectivity index (χ1v) is 5.16. The van der Waals surface area contributed by atoms with E-state index in [1.54, 1.807) is 5.94 Å². The van der Waals surface area contributed by atoms with Crippen molar-refractivity contribution in [2.45, 2.75) is 13.3 Å². The molecule has 0 aliphatic rings. The third-order valence-corrected chi connectivity index (χ3v) is 2.15. The number of benzene rings is 1. The van der Waals surface area contributed by atoms with Gasteiger partial charge in [-0.3, -0.25) is 0 Å². The van der Waals surface area contributed by atoms with Crippen molar-refractivity contribution in [2.75, 3.05) is 6.61 Å². The van der Waals surface area contributed by atoms with Gasteiger partial charge in [0.05, 0.1) is 11.1 Å². The first kappa shape index (κ1) is 11.0. The van der Waals surface area contributed by atoms with Crippen LogP contribution in [0, 0.1) is 0 Å². The highest BCUT2D eigenvalue weighted by Gasteiger charge is 1.97. The fourth-order valence-corrected chi connectivity index (χ4v) is 1.41. The highest BCUT2D eigenvalue weighted by Crippen LogP contribution is 2.15. The third-order valence-electron chi connectivity index (χ3n) is 1.70. The van der Waals surface area contributed by atoms with E-state index in [2.05, 4.69) is 15.9 Å². The molecule has 3 heteroatoms. The molecule has 0 amide bonds. The molecule has 1 aromatic rings. The first-order valence-electron chi connectivity index (χ1n) is 4.37. The summed E-state index contributed by atoms with van der Waals surface area (Å²) in [5.41, 5.74) is 1.06. The van der Waals surface area contributed by atoms with E-state index in [1.165, 1.54) is 0 Å². The van der Waals surface area contributed by atoms with Gasteiger partial charge in [0.15, 0.2) is 0 Å². The summed E-state index contributed by atoms with van der Waals surface area (Å²) >= 11 is 3.12. The maximum absolute atomic E-state index is 10.2. The molecule has 0 atom stereocenters. The molecule has 0 aromatic heterocycles. The fraction of sp³-hybridized carbons (Fsp3) is 0.273.